The Kier molecular flexibility index (Phi) is 7.76. The van der Waals surface area contributed by atoms with Crippen LogP contribution < -0.4 is 25.8 Å². The first-order valence-corrected chi connectivity index (χ1v) is 9.24. The number of aliphatic carboxylic acids is 1. The summed E-state index contributed by atoms with van der Waals surface area (Å²) in [5.74, 6) is -2.23. The summed E-state index contributed by atoms with van der Waals surface area (Å²) in [6, 6.07) is 6.88. The molecule has 2 aliphatic heterocycles. The maximum absolute atomic E-state index is 10.5. The third kappa shape index (κ3) is 6.16. The number of benzene rings is 1. The molecule has 2 heterocycles. The summed E-state index contributed by atoms with van der Waals surface area (Å²) in [5.41, 5.74) is 7.83. The molecule has 1 aromatic rings. The average Bonchev–Trinajstić information content (AvgIpc) is 2.69. The van der Waals surface area contributed by atoms with Crippen molar-refractivity contribution in [2.24, 2.45) is 0 Å². The van der Waals surface area contributed by atoms with Crippen LogP contribution in [0, 0.1) is 0 Å². The predicted molar refractivity (Wildman–Crippen MR) is 96.9 cm³/mol. The van der Waals surface area contributed by atoms with Crippen molar-refractivity contribution in [2.45, 2.75) is 25.1 Å². The van der Waals surface area contributed by atoms with Gasteiger partial charge in [0, 0.05) is 44.0 Å². The van der Waals surface area contributed by atoms with Crippen molar-refractivity contribution in [2.75, 3.05) is 57.0 Å². The lowest BCUT2D eigenvalue weighted by Crippen LogP contribution is -2.90. The third-order valence-electron chi connectivity index (χ3n) is 5.04. The quantitative estimate of drug-likeness (QED) is 0.655. The van der Waals surface area contributed by atoms with Gasteiger partial charge in [0.1, 0.15) is 11.7 Å². The number of nitrogen functional groups attached to an aromatic ring is 1. The number of halogens is 3. The zero-order valence-electron chi connectivity index (χ0n) is 15.9. The number of quaternary nitrogens is 1. The summed E-state index contributed by atoms with van der Waals surface area (Å²) in [6.07, 6.45) is -2.68. The first-order chi connectivity index (χ1) is 13.2. The molecule has 7 nitrogen and oxygen atoms in total. The fourth-order valence-corrected chi connectivity index (χ4v) is 3.52. The van der Waals surface area contributed by atoms with E-state index in [4.69, 9.17) is 20.4 Å². The van der Waals surface area contributed by atoms with E-state index < -0.39 is 12.1 Å². The van der Waals surface area contributed by atoms with Gasteiger partial charge >= 0.3 is 6.18 Å². The highest BCUT2D eigenvalue weighted by atomic mass is 19.4. The SMILES string of the molecule is COc1cc(N2CCC(N3CC[NH2+]CC3)CC2)ccc1N.O=C([O-])C(F)(F)F. The van der Waals surface area contributed by atoms with Gasteiger partial charge in [0.2, 0.25) is 0 Å². The number of carboxylic acids is 1. The van der Waals surface area contributed by atoms with Gasteiger partial charge in [-0.25, -0.2) is 0 Å². The zero-order valence-corrected chi connectivity index (χ0v) is 15.9. The monoisotopic (exact) mass is 404 g/mol. The first kappa shape index (κ1) is 22.1. The minimum absolute atomic E-state index is 0.709. The van der Waals surface area contributed by atoms with Crippen LogP contribution in [0.15, 0.2) is 18.2 Å². The van der Waals surface area contributed by atoms with E-state index in [0.29, 0.717) is 5.69 Å². The van der Waals surface area contributed by atoms with Gasteiger partial charge in [-0.1, -0.05) is 0 Å². The number of piperazine rings is 1. The molecule has 0 bridgehead atoms. The Morgan fingerprint density at radius 1 is 1.21 bits per heavy atom. The minimum Gasteiger partial charge on any atom is -0.542 e. The fraction of sp³-hybridized carbons (Fsp3) is 0.611. The van der Waals surface area contributed by atoms with Gasteiger partial charge in [-0.15, -0.1) is 0 Å². The number of ether oxygens (including phenoxy) is 1. The highest BCUT2D eigenvalue weighted by Crippen LogP contribution is 2.29. The second-order valence-corrected chi connectivity index (χ2v) is 6.83. The van der Waals surface area contributed by atoms with Crippen molar-refractivity contribution in [1.82, 2.24) is 4.90 Å². The van der Waals surface area contributed by atoms with Crippen LogP contribution in [0.25, 0.3) is 0 Å². The zero-order chi connectivity index (χ0) is 20.7. The van der Waals surface area contributed by atoms with Crippen LogP contribution in [0.1, 0.15) is 12.8 Å². The number of hydrogen-bond acceptors (Lipinski definition) is 6. The molecule has 4 N–H and O–H groups in total. The Hall–Kier alpha value is -2.20. The largest absolute Gasteiger partial charge is 0.542 e. The van der Waals surface area contributed by atoms with Crippen molar-refractivity contribution in [3.63, 3.8) is 0 Å². The topological polar surface area (TPSA) is 98.5 Å². The molecule has 1 aromatic carbocycles. The van der Waals surface area contributed by atoms with Gasteiger partial charge in [-0.2, -0.15) is 13.2 Å². The van der Waals surface area contributed by atoms with Crippen molar-refractivity contribution in [1.29, 1.82) is 0 Å². The molecule has 0 unspecified atom stereocenters. The molecule has 28 heavy (non-hydrogen) atoms. The highest BCUT2D eigenvalue weighted by Gasteiger charge is 2.29. The Bertz CT molecular complexity index is 643. The number of nitrogens with two attached hydrogens (primary N) is 2. The summed E-state index contributed by atoms with van der Waals surface area (Å²) in [6.45, 7) is 7.27. The van der Waals surface area contributed by atoms with Crippen LogP contribution in [-0.4, -0.2) is 69.5 Å². The van der Waals surface area contributed by atoms with Crippen molar-refractivity contribution >= 4 is 17.3 Å². The highest BCUT2D eigenvalue weighted by molar-refractivity contribution is 5.70. The Labute approximate surface area is 162 Å². The van der Waals surface area contributed by atoms with Crippen molar-refractivity contribution in [3.8, 4) is 5.75 Å². The molecule has 0 atom stereocenters. The molecule has 3 rings (SSSR count). The molecule has 2 aliphatic rings. The summed E-state index contributed by atoms with van der Waals surface area (Å²) in [7, 11) is 1.68. The number of nitrogens with zero attached hydrogens (tertiary/aromatic N) is 2. The number of methoxy groups -OCH3 is 1. The van der Waals surface area contributed by atoms with Crippen LogP contribution in [-0.2, 0) is 4.79 Å². The molecule has 0 radical (unpaired) electrons. The lowest BCUT2D eigenvalue weighted by atomic mass is 10.0. The van der Waals surface area contributed by atoms with E-state index in [-0.39, 0.29) is 0 Å². The molecular formula is C18H27F3N4O3. The number of hydrogen-bond donors (Lipinski definition) is 2. The molecule has 0 spiro atoms. The van der Waals surface area contributed by atoms with Gasteiger partial charge < -0.3 is 30.6 Å². The molecule has 2 saturated heterocycles. The standard InChI is InChI=1S/C16H26N4O.C2HF3O2/c1-21-16-12-14(2-3-15(16)17)19-8-4-13(5-9-19)20-10-6-18-7-11-20;3-2(4,5)1(6)7/h2-3,12-13,18H,4-11,17H2,1H3;(H,6,7). The number of carbonyl (C=O) groups excluding carboxylic acids is 1. The number of carboxylic acid groups (broad SMARTS) is 1. The van der Waals surface area contributed by atoms with Gasteiger partial charge in [-0.05, 0) is 25.0 Å². The molecule has 0 saturated carbocycles. The first-order valence-electron chi connectivity index (χ1n) is 9.24. The maximum atomic E-state index is 10.5. The summed E-state index contributed by atoms with van der Waals surface area (Å²) < 4.78 is 36.9. The van der Waals surface area contributed by atoms with Crippen molar-refractivity contribution in [3.05, 3.63) is 18.2 Å². The second-order valence-electron chi connectivity index (χ2n) is 6.83. The van der Waals surface area contributed by atoms with Gasteiger partial charge in [0.05, 0.1) is 25.9 Å². The number of anilines is 2. The van der Waals surface area contributed by atoms with Crippen LogP contribution in [0.2, 0.25) is 0 Å². The molecule has 0 aromatic heterocycles. The molecule has 2 fully saturated rings. The Morgan fingerprint density at radius 2 is 1.79 bits per heavy atom. The van der Waals surface area contributed by atoms with E-state index in [9.17, 15) is 13.2 Å². The Morgan fingerprint density at radius 3 is 2.29 bits per heavy atom. The van der Waals surface area contributed by atoms with Crippen molar-refractivity contribution < 1.29 is 33.1 Å². The van der Waals surface area contributed by atoms with E-state index >= 15 is 0 Å². The second kappa shape index (κ2) is 9.83. The summed E-state index contributed by atoms with van der Waals surface area (Å²) >= 11 is 0. The van der Waals surface area contributed by atoms with Gasteiger partial charge in [0.25, 0.3) is 0 Å². The van der Waals surface area contributed by atoms with E-state index in [1.165, 1.54) is 44.7 Å². The Balaban J connectivity index is 0.000000345. The van der Waals surface area contributed by atoms with Crippen LogP contribution in [0.5, 0.6) is 5.75 Å². The molecule has 10 heteroatoms. The normalized spacial score (nSPS) is 18.9. The number of carbonyl (C=O) groups is 1. The molecule has 0 aliphatic carbocycles. The van der Waals surface area contributed by atoms with E-state index in [2.05, 4.69) is 27.2 Å². The summed E-state index contributed by atoms with van der Waals surface area (Å²) in [4.78, 5) is 13.9. The number of alkyl halides is 3. The van der Waals surface area contributed by atoms with E-state index in [0.717, 1.165) is 24.9 Å². The lowest BCUT2D eigenvalue weighted by molar-refractivity contribution is -0.663. The maximum Gasteiger partial charge on any atom is 0.430 e. The summed E-state index contributed by atoms with van der Waals surface area (Å²) in [5, 5.41) is 11.2. The van der Waals surface area contributed by atoms with Crippen LogP contribution >= 0.6 is 0 Å². The van der Waals surface area contributed by atoms with Gasteiger partial charge in [0.15, 0.2) is 0 Å². The van der Waals surface area contributed by atoms with Crippen LogP contribution in [0.3, 0.4) is 0 Å². The molecular weight excluding hydrogens is 377 g/mol. The van der Waals surface area contributed by atoms with Crippen LogP contribution in [0.4, 0.5) is 24.5 Å². The fourth-order valence-electron chi connectivity index (χ4n) is 3.52. The molecule has 0 amide bonds. The number of piperidine rings is 1. The smallest absolute Gasteiger partial charge is 0.430 e. The number of rotatable bonds is 3. The van der Waals surface area contributed by atoms with E-state index in [1.807, 2.05) is 6.07 Å². The lowest BCUT2D eigenvalue weighted by Gasteiger charge is -2.40. The minimum atomic E-state index is -5.19. The molecule has 158 valence electrons. The van der Waals surface area contributed by atoms with Gasteiger partial charge in [-0.3, -0.25) is 4.90 Å². The van der Waals surface area contributed by atoms with E-state index in [1.54, 1.807) is 7.11 Å². The average molecular weight is 404 g/mol. The third-order valence-corrected chi connectivity index (χ3v) is 5.04. The predicted octanol–water partition coefficient (Wildman–Crippen LogP) is -0.576.